The third-order valence-electron chi connectivity index (χ3n) is 6.08. The van der Waals surface area contributed by atoms with Crippen molar-refractivity contribution in [2.24, 2.45) is 0 Å². The van der Waals surface area contributed by atoms with Crippen molar-refractivity contribution in [2.45, 2.75) is 76.9 Å². The molecule has 0 saturated carbocycles. The fourth-order valence-corrected chi connectivity index (χ4v) is 12.1. The molecule has 1 saturated heterocycles. The monoisotopic (exact) mass is 406 g/mol. The highest BCUT2D eigenvalue weighted by atomic mass is 28.3. The molecule has 156 valence electrons. The van der Waals surface area contributed by atoms with E-state index < -0.39 is 26.4 Å². The summed E-state index contributed by atoms with van der Waals surface area (Å²) < 4.78 is 7.19. The Balaban J connectivity index is 2.10. The smallest absolute Gasteiger partial charge is 0.408 e. The molecule has 7 heteroatoms. The summed E-state index contributed by atoms with van der Waals surface area (Å²) in [4.78, 5) is 25.3. The minimum atomic E-state index is -2.22. The molecule has 2 unspecified atom stereocenters. The van der Waals surface area contributed by atoms with Crippen LogP contribution in [0.15, 0.2) is 30.3 Å². The number of nitrogens with zero attached hydrogens (tertiary/aromatic N) is 1. The average Bonchev–Trinajstić information content (AvgIpc) is 2.64. The molecule has 2 rings (SSSR count). The van der Waals surface area contributed by atoms with Crippen LogP contribution in [0, 0.1) is 0 Å². The zero-order chi connectivity index (χ0) is 21.1. The van der Waals surface area contributed by atoms with Crippen molar-refractivity contribution in [2.75, 3.05) is 6.61 Å². The van der Waals surface area contributed by atoms with Gasteiger partial charge in [-0.05, 0) is 22.2 Å². The predicted molar refractivity (Wildman–Crippen MR) is 112 cm³/mol. The van der Waals surface area contributed by atoms with Gasteiger partial charge in [-0.3, -0.25) is 4.79 Å². The van der Waals surface area contributed by atoms with Crippen LogP contribution in [0.1, 0.15) is 47.1 Å². The Bertz CT molecular complexity index is 656. The minimum absolute atomic E-state index is 0.0986. The number of aliphatic hydroxyl groups excluding tert-OH is 1. The number of rotatable bonds is 8. The van der Waals surface area contributed by atoms with Crippen LogP contribution in [-0.2, 0) is 16.1 Å². The maximum absolute atomic E-state index is 13.1. The summed E-state index contributed by atoms with van der Waals surface area (Å²) in [6.07, 6.45) is -0.633. The Morgan fingerprint density at radius 2 is 1.64 bits per heavy atom. The molecule has 1 aliphatic heterocycles. The highest BCUT2D eigenvalue weighted by Gasteiger charge is 2.61. The molecule has 1 heterocycles. The van der Waals surface area contributed by atoms with E-state index in [9.17, 15) is 14.7 Å². The Hall–Kier alpha value is -1.86. The van der Waals surface area contributed by atoms with Crippen LogP contribution in [-0.4, -0.2) is 48.6 Å². The van der Waals surface area contributed by atoms with Gasteiger partial charge in [0.25, 0.3) is 0 Å². The molecule has 0 spiro atoms. The van der Waals surface area contributed by atoms with Crippen LogP contribution in [0.4, 0.5) is 4.79 Å². The molecule has 1 aromatic rings. The first-order chi connectivity index (χ1) is 13.2. The number of nitrogens with one attached hydrogen (secondary N) is 1. The van der Waals surface area contributed by atoms with E-state index in [1.165, 1.54) is 0 Å². The lowest BCUT2D eigenvalue weighted by molar-refractivity contribution is -0.145. The second-order valence-corrected chi connectivity index (χ2v) is 14.2. The van der Waals surface area contributed by atoms with Crippen LogP contribution in [0.5, 0.6) is 0 Å². The third kappa shape index (κ3) is 3.96. The molecule has 6 nitrogen and oxygen atoms in total. The van der Waals surface area contributed by atoms with Crippen LogP contribution >= 0.6 is 0 Å². The molecule has 0 aliphatic carbocycles. The zero-order valence-corrected chi connectivity index (χ0v) is 18.8. The summed E-state index contributed by atoms with van der Waals surface area (Å²) in [5.41, 5.74) is 1.91. The lowest BCUT2D eigenvalue weighted by Crippen LogP contribution is -2.81. The van der Waals surface area contributed by atoms with Crippen LogP contribution in [0.25, 0.3) is 0 Å². The van der Waals surface area contributed by atoms with E-state index in [2.05, 4.69) is 46.9 Å². The van der Waals surface area contributed by atoms with Gasteiger partial charge in [0.15, 0.2) is 8.24 Å². The number of carbonyl (C=O) groups is 2. The molecular weight excluding hydrogens is 372 g/mol. The SMILES string of the molecule is CC(C)[Si](C(C)C)(C(C)C)N1C(=O)C(NC(=O)OCc2ccccc2)C1CO. The Kier molecular flexibility index (Phi) is 7.28. The second-order valence-electron chi connectivity index (χ2n) is 8.49. The van der Waals surface area contributed by atoms with E-state index in [1.807, 2.05) is 34.9 Å². The van der Waals surface area contributed by atoms with E-state index in [-0.39, 0.29) is 19.1 Å². The molecule has 2 atom stereocenters. The molecule has 1 aromatic carbocycles. The number of hydrogen-bond acceptors (Lipinski definition) is 4. The summed E-state index contributed by atoms with van der Waals surface area (Å²) >= 11 is 0. The fourth-order valence-electron chi connectivity index (χ4n) is 5.09. The number of amides is 2. The Morgan fingerprint density at radius 1 is 1.11 bits per heavy atom. The van der Waals surface area contributed by atoms with Gasteiger partial charge in [0.2, 0.25) is 5.91 Å². The average molecular weight is 407 g/mol. The summed E-state index contributed by atoms with van der Waals surface area (Å²) in [6, 6.07) is 8.26. The first-order valence-corrected chi connectivity index (χ1v) is 12.3. The number of benzene rings is 1. The Morgan fingerprint density at radius 3 is 2.11 bits per heavy atom. The molecule has 0 aromatic heterocycles. The van der Waals surface area contributed by atoms with Crippen molar-refractivity contribution in [1.29, 1.82) is 0 Å². The number of carbonyl (C=O) groups excluding carboxylic acids is 2. The van der Waals surface area contributed by atoms with Crippen molar-refractivity contribution in [3.8, 4) is 0 Å². The maximum Gasteiger partial charge on any atom is 0.408 e. The molecule has 28 heavy (non-hydrogen) atoms. The van der Waals surface area contributed by atoms with Crippen molar-refractivity contribution in [1.82, 2.24) is 9.88 Å². The molecule has 2 N–H and O–H groups in total. The quantitative estimate of drug-likeness (QED) is 0.510. The number of ether oxygens (including phenoxy) is 1. The van der Waals surface area contributed by atoms with E-state index in [4.69, 9.17) is 4.74 Å². The van der Waals surface area contributed by atoms with Gasteiger partial charge in [-0.25, -0.2) is 4.79 Å². The van der Waals surface area contributed by atoms with Gasteiger partial charge < -0.3 is 19.7 Å². The summed E-state index contributed by atoms with van der Waals surface area (Å²) in [5.74, 6) is -0.0986. The van der Waals surface area contributed by atoms with Crippen molar-refractivity contribution < 1.29 is 19.4 Å². The van der Waals surface area contributed by atoms with Crippen molar-refractivity contribution >= 4 is 20.2 Å². The van der Waals surface area contributed by atoms with Crippen molar-refractivity contribution in [3.05, 3.63) is 35.9 Å². The summed E-state index contributed by atoms with van der Waals surface area (Å²) in [5, 5.41) is 12.7. The molecule has 0 radical (unpaired) electrons. The van der Waals surface area contributed by atoms with Gasteiger partial charge in [-0.15, -0.1) is 0 Å². The largest absolute Gasteiger partial charge is 0.445 e. The molecule has 1 aliphatic rings. The number of hydrogen-bond donors (Lipinski definition) is 2. The normalized spacial score (nSPS) is 19.9. The third-order valence-corrected chi connectivity index (χ3v) is 13.0. The molecule has 0 bridgehead atoms. The van der Waals surface area contributed by atoms with E-state index >= 15 is 0 Å². The maximum atomic E-state index is 13.1. The molecular formula is C21H34N2O4Si. The first-order valence-electron chi connectivity index (χ1n) is 10.1. The zero-order valence-electron chi connectivity index (χ0n) is 17.8. The van der Waals surface area contributed by atoms with Crippen LogP contribution < -0.4 is 5.32 Å². The van der Waals surface area contributed by atoms with E-state index in [1.54, 1.807) is 0 Å². The first kappa shape index (κ1) is 22.4. The summed E-state index contributed by atoms with van der Waals surface area (Å²) in [6.45, 7) is 13.0. The van der Waals surface area contributed by atoms with Crippen molar-refractivity contribution in [3.63, 3.8) is 0 Å². The number of β-lactam (4-membered cyclic amide) rings is 1. The van der Waals surface area contributed by atoms with Gasteiger partial charge in [-0.2, -0.15) is 0 Å². The van der Waals surface area contributed by atoms with Gasteiger partial charge in [-0.1, -0.05) is 71.9 Å². The molecule has 1 fully saturated rings. The number of alkyl carbamates (subject to hydrolysis) is 1. The second kappa shape index (κ2) is 9.09. The fraction of sp³-hybridized carbons (Fsp3) is 0.619. The van der Waals surface area contributed by atoms with Gasteiger partial charge in [0.1, 0.15) is 12.6 Å². The van der Waals surface area contributed by atoms with E-state index in [0.29, 0.717) is 16.6 Å². The van der Waals surface area contributed by atoms with Gasteiger partial charge in [0, 0.05) is 0 Å². The predicted octanol–water partition coefficient (Wildman–Crippen LogP) is 3.66. The summed E-state index contributed by atoms with van der Waals surface area (Å²) in [7, 11) is -2.22. The lowest BCUT2D eigenvalue weighted by Gasteiger charge is -2.60. The topological polar surface area (TPSA) is 78.9 Å². The van der Waals surface area contributed by atoms with Crippen LogP contribution in [0.3, 0.4) is 0 Å². The van der Waals surface area contributed by atoms with Gasteiger partial charge >= 0.3 is 6.09 Å². The number of aliphatic hydroxyl groups is 1. The molecule has 2 amide bonds. The van der Waals surface area contributed by atoms with E-state index in [0.717, 1.165) is 5.56 Å². The lowest BCUT2D eigenvalue weighted by atomic mass is 10.00. The standard InChI is InChI=1S/C21H34N2O4Si/c1-14(2)28(15(3)4,16(5)6)23-18(12-24)19(20(23)25)22-21(26)27-13-17-10-8-7-9-11-17/h7-11,14-16,18-19,24H,12-13H2,1-6H3,(H,22,26). The van der Waals surface area contributed by atoms with Gasteiger partial charge in [0.05, 0.1) is 12.6 Å². The van der Waals surface area contributed by atoms with Crippen LogP contribution in [0.2, 0.25) is 16.6 Å². The Labute approximate surface area is 169 Å². The minimum Gasteiger partial charge on any atom is -0.445 e. The highest BCUT2D eigenvalue weighted by Crippen LogP contribution is 2.48. The highest BCUT2D eigenvalue weighted by molar-refractivity contribution is 6.83.